The zero-order valence-corrected chi connectivity index (χ0v) is 17.6. The Morgan fingerprint density at radius 2 is 1.52 bits per heavy atom. The van der Waals surface area contributed by atoms with E-state index in [-0.39, 0.29) is 10.6 Å². The summed E-state index contributed by atoms with van der Waals surface area (Å²) in [5, 5.41) is 3.35. The molecule has 0 bridgehead atoms. The highest BCUT2D eigenvalue weighted by Crippen LogP contribution is 2.31. The van der Waals surface area contributed by atoms with Crippen molar-refractivity contribution in [1.82, 2.24) is 0 Å². The summed E-state index contributed by atoms with van der Waals surface area (Å²) in [5.74, 6) is 0.519. The van der Waals surface area contributed by atoms with Crippen molar-refractivity contribution in [3.8, 4) is 11.5 Å². The molecule has 0 saturated carbocycles. The first-order valence-corrected chi connectivity index (χ1v) is 10.8. The average Bonchev–Trinajstić information content (AvgIpc) is 2.73. The van der Waals surface area contributed by atoms with Crippen LogP contribution in [0.5, 0.6) is 11.5 Å². The maximum absolute atomic E-state index is 12.5. The molecule has 29 heavy (non-hydrogen) atoms. The Kier molecular flexibility index (Phi) is 6.44. The second-order valence-corrected chi connectivity index (χ2v) is 8.29. The molecule has 0 amide bonds. The summed E-state index contributed by atoms with van der Waals surface area (Å²) in [4.78, 5) is 0.103. The fraction of sp³-hybridized carbons (Fsp3) is 0.217. The van der Waals surface area contributed by atoms with E-state index in [4.69, 9.17) is 8.92 Å². The number of rotatable bonds is 8. The van der Waals surface area contributed by atoms with Gasteiger partial charge in [-0.1, -0.05) is 42.8 Å². The van der Waals surface area contributed by atoms with Crippen molar-refractivity contribution in [2.24, 2.45) is 0 Å². The molecule has 0 fully saturated rings. The molecule has 0 atom stereocenters. The van der Waals surface area contributed by atoms with E-state index >= 15 is 0 Å². The number of anilines is 1. The lowest BCUT2D eigenvalue weighted by molar-refractivity contribution is 0.390. The van der Waals surface area contributed by atoms with Gasteiger partial charge in [0.25, 0.3) is 0 Å². The number of ether oxygens (including phenoxy) is 1. The molecule has 152 valence electrons. The minimum absolute atomic E-state index is 0.103. The molecule has 0 aliphatic rings. The quantitative estimate of drug-likeness (QED) is 0.532. The van der Waals surface area contributed by atoms with Gasteiger partial charge in [0.15, 0.2) is 11.5 Å². The van der Waals surface area contributed by atoms with E-state index in [1.165, 1.54) is 24.8 Å². The summed E-state index contributed by atoms with van der Waals surface area (Å²) in [5.41, 5.74) is 4.22. The highest BCUT2D eigenvalue weighted by atomic mass is 32.2. The van der Waals surface area contributed by atoms with Gasteiger partial charge in [0, 0.05) is 12.2 Å². The minimum Gasteiger partial charge on any atom is -0.493 e. The van der Waals surface area contributed by atoms with E-state index in [0.29, 0.717) is 12.3 Å². The topological polar surface area (TPSA) is 64.6 Å². The molecule has 6 heteroatoms. The molecular formula is C23H25NO4S. The standard InChI is InChI=1S/C23H25NO4S/c1-4-18-7-10-20(11-8-18)24-16-19-9-14-22(23(15-19)27-3)28-29(25,26)21-12-5-17(2)6-13-21/h5-15,24H,4,16H2,1-3H3. The van der Waals surface area contributed by atoms with Gasteiger partial charge in [-0.3, -0.25) is 0 Å². The number of hydrogen-bond donors (Lipinski definition) is 1. The van der Waals surface area contributed by atoms with Crippen LogP contribution in [0.3, 0.4) is 0 Å². The Labute approximate surface area is 172 Å². The lowest BCUT2D eigenvalue weighted by Crippen LogP contribution is -2.10. The maximum atomic E-state index is 12.5. The van der Waals surface area contributed by atoms with Crippen LogP contribution in [-0.2, 0) is 23.1 Å². The summed E-state index contributed by atoms with van der Waals surface area (Å²) in [7, 11) is -2.45. The summed E-state index contributed by atoms with van der Waals surface area (Å²) in [6, 6.07) is 20.0. The molecule has 3 rings (SSSR count). The van der Waals surface area contributed by atoms with Crippen molar-refractivity contribution in [3.63, 3.8) is 0 Å². The fourth-order valence-electron chi connectivity index (χ4n) is 2.82. The van der Waals surface area contributed by atoms with E-state index in [0.717, 1.165) is 23.2 Å². The molecule has 0 unspecified atom stereocenters. The van der Waals surface area contributed by atoms with Crippen LogP contribution in [0.4, 0.5) is 5.69 Å². The Bertz CT molecular complexity index is 1060. The second-order valence-electron chi connectivity index (χ2n) is 6.74. The van der Waals surface area contributed by atoms with Gasteiger partial charge < -0.3 is 14.2 Å². The Morgan fingerprint density at radius 1 is 0.862 bits per heavy atom. The van der Waals surface area contributed by atoms with Crippen LogP contribution in [0.2, 0.25) is 0 Å². The molecule has 0 aromatic heterocycles. The average molecular weight is 412 g/mol. The van der Waals surface area contributed by atoms with Crippen molar-refractivity contribution in [2.75, 3.05) is 12.4 Å². The molecule has 3 aromatic carbocycles. The van der Waals surface area contributed by atoms with Crippen LogP contribution < -0.4 is 14.2 Å². The number of hydrogen-bond acceptors (Lipinski definition) is 5. The van der Waals surface area contributed by atoms with Crippen molar-refractivity contribution in [3.05, 3.63) is 83.4 Å². The molecule has 5 nitrogen and oxygen atoms in total. The largest absolute Gasteiger partial charge is 0.493 e. The van der Waals surface area contributed by atoms with Crippen molar-refractivity contribution < 1.29 is 17.3 Å². The third kappa shape index (κ3) is 5.29. The van der Waals surface area contributed by atoms with Crippen LogP contribution >= 0.6 is 0 Å². The predicted molar refractivity (Wildman–Crippen MR) is 115 cm³/mol. The molecule has 0 aliphatic carbocycles. The Balaban J connectivity index is 1.73. The van der Waals surface area contributed by atoms with Gasteiger partial charge in [0.05, 0.1) is 7.11 Å². The third-order valence-corrected chi connectivity index (χ3v) is 5.84. The van der Waals surface area contributed by atoms with Crippen LogP contribution in [0.25, 0.3) is 0 Å². The third-order valence-electron chi connectivity index (χ3n) is 4.60. The normalized spacial score (nSPS) is 11.1. The lowest BCUT2D eigenvalue weighted by Gasteiger charge is -2.13. The molecule has 0 aliphatic heterocycles. The van der Waals surface area contributed by atoms with Crippen molar-refractivity contribution in [1.29, 1.82) is 0 Å². The smallest absolute Gasteiger partial charge is 0.339 e. The minimum atomic E-state index is -3.93. The van der Waals surface area contributed by atoms with Crippen LogP contribution in [0.15, 0.2) is 71.6 Å². The maximum Gasteiger partial charge on any atom is 0.339 e. The van der Waals surface area contributed by atoms with E-state index < -0.39 is 10.1 Å². The zero-order chi connectivity index (χ0) is 20.9. The highest BCUT2D eigenvalue weighted by molar-refractivity contribution is 7.87. The second kappa shape index (κ2) is 9.01. The van der Waals surface area contributed by atoms with Gasteiger partial charge in [-0.2, -0.15) is 8.42 Å². The van der Waals surface area contributed by atoms with Gasteiger partial charge in [0.1, 0.15) is 4.90 Å². The van der Waals surface area contributed by atoms with Gasteiger partial charge in [-0.05, 0) is 60.9 Å². The summed E-state index contributed by atoms with van der Waals surface area (Å²) in [6.07, 6.45) is 1.00. The van der Waals surface area contributed by atoms with Crippen LogP contribution in [0, 0.1) is 6.92 Å². The molecule has 0 radical (unpaired) electrons. The molecular weight excluding hydrogens is 386 g/mol. The Hall–Kier alpha value is -2.99. The van der Waals surface area contributed by atoms with E-state index in [1.54, 1.807) is 24.3 Å². The predicted octanol–water partition coefficient (Wildman–Crippen LogP) is 4.95. The summed E-state index contributed by atoms with van der Waals surface area (Å²) < 4.78 is 35.7. The molecule has 0 saturated heterocycles. The monoisotopic (exact) mass is 411 g/mol. The SMILES string of the molecule is CCc1ccc(NCc2ccc(OS(=O)(=O)c3ccc(C)cc3)c(OC)c2)cc1. The molecule has 3 aromatic rings. The number of benzene rings is 3. The van der Waals surface area contributed by atoms with E-state index in [9.17, 15) is 8.42 Å². The zero-order valence-electron chi connectivity index (χ0n) is 16.8. The highest BCUT2D eigenvalue weighted by Gasteiger charge is 2.19. The first-order valence-electron chi connectivity index (χ1n) is 9.42. The van der Waals surface area contributed by atoms with Gasteiger partial charge in [-0.15, -0.1) is 0 Å². The number of nitrogens with one attached hydrogen (secondary N) is 1. The lowest BCUT2D eigenvalue weighted by atomic mass is 10.1. The van der Waals surface area contributed by atoms with Crippen LogP contribution in [0.1, 0.15) is 23.6 Å². The van der Waals surface area contributed by atoms with E-state index in [1.807, 2.05) is 25.1 Å². The summed E-state index contributed by atoms with van der Waals surface area (Å²) in [6.45, 7) is 4.59. The van der Waals surface area contributed by atoms with Gasteiger partial charge >= 0.3 is 10.1 Å². The van der Waals surface area contributed by atoms with Gasteiger partial charge in [0.2, 0.25) is 0 Å². The molecule has 1 N–H and O–H groups in total. The summed E-state index contributed by atoms with van der Waals surface area (Å²) >= 11 is 0. The first kappa shape index (κ1) is 20.7. The first-order chi connectivity index (χ1) is 13.9. The van der Waals surface area contributed by atoms with Gasteiger partial charge in [-0.25, -0.2) is 0 Å². The van der Waals surface area contributed by atoms with Crippen molar-refractivity contribution in [2.45, 2.75) is 31.7 Å². The Morgan fingerprint density at radius 3 is 2.14 bits per heavy atom. The van der Waals surface area contributed by atoms with E-state index in [2.05, 4.69) is 24.4 Å². The van der Waals surface area contributed by atoms with Crippen LogP contribution in [-0.4, -0.2) is 15.5 Å². The molecule has 0 spiro atoms. The fourth-order valence-corrected chi connectivity index (χ4v) is 3.76. The number of aryl methyl sites for hydroxylation is 2. The van der Waals surface area contributed by atoms with Crippen molar-refractivity contribution >= 4 is 15.8 Å². The molecule has 0 heterocycles. The number of methoxy groups -OCH3 is 1.